The number of likely N-dealkylation sites (N-methyl/N-ethyl adjacent to an activating group) is 1. The average Bonchev–Trinajstić information content (AvgIpc) is 2.94. The first-order valence-electron chi connectivity index (χ1n) is 10.5. The largest absolute Gasteiger partial charge is 0.497 e. The van der Waals surface area contributed by atoms with Crippen molar-refractivity contribution in [1.82, 2.24) is 19.4 Å². The molecule has 1 amide bonds. The van der Waals surface area contributed by atoms with Gasteiger partial charge in [0.15, 0.2) is 5.65 Å². The van der Waals surface area contributed by atoms with E-state index >= 15 is 0 Å². The van der Waals surface area contributed by atoms with E-state index in [-0.39, 0.29) is 5.91 Å². The number of benzene rings is 1. The molecule has 0 saturated carbocycles. The van der Waals surface area contributed by atoms with Gasteiger partial charge >= 0.3 is 0 Å². The molecule has 7 nitrogen and oxygen atoms in total. The van der Waals surface area contributed by atoms with Gasteiger partial charge < -0.3 is 18.9 Å². The van der Waals surface area contributed by atoms with E-state index in [9.17, 15) is 4.79 Å². The van der Waals surface area contributed by atoms with Crippen LogP contribution in [0.5, 0.6) is 11.5 Å². The van der Waals surface area contributed by atoms with Crippen molar-refractivity contribution in [1.29, 1.82) is 0 Å². The van der Waals surface area contributed by atoms with E-state index in [1.165, 1.54) is 6.42 Å². The van der Waals surface area contributed by atoms with E-state index in [4.69, 9.17) is 19.4 Å². The molecule has 0 spiro atoms. The van der Waals surface area contributed by atoms with Crippen LogP contribution < -0.4 is 9.47 Å². The number of nitrogens with zero attached hydrogens (tertiary/aromatic N) is 4. The van der Waals surface area contributed by atoms with Crippen LogP contribution in [-0.2, 0) is 13.0 Å². The Morgan fingerprint density at radius 3 is 2.67 bits per heavy atom. The lowest BCUT2D eigenvalue weighted by Crippen LogP contribution is -2.31. The number of methoxy groups -OCH3 is 1. The van der Waals surface area contributed by atoms with Gasteiger partial charge in [-0.25, -0.2) is 9.97 Å². The molecule has 0 unspecified atom stereocenters. The van der Waals surface area contributed by atoms with Gasteiger partial charge in [0.05, 0.1) is 19.2 Å². The molecule has 0 fully saturated rings. The topological polar surface area (TPSA) is 69.5 Å². The predicted octanol–water partition coefficient (Wildman–Crippen LogP) is 3.63. The Kier molecular flexibility index (Phi) is 5.88. The molecule has 0 saturated heterocycles. The van der Waals surface area contributed by atoms with Crippen molar-refractivity contribution < 1.29 is 14.3 Å². The van der Waals surface area contributed by atoms with Crippen LogP contribution in [0.4, 0.5) is 0 Å². The summed E-state index contributed by atoms with van der Waals surface area (Å²) < 4.78 is 13.1. The molecule has 3 heterocycles. The zero-order valence-electron chi connectivity index (χ0n) is 17.9. The third-order valence-electron chi connectivity index (χ3n) is 5.52. The fourth-order valence-electron chi connectivity index (χ4n) is 3.86. The summed E-state index contributed by atoms with van der Waals surface area (Å²) in [7, 11) is 3.43. The second-order valence-electron chi connectivity index (χ2n) is 7.72. The van der Waals surface area contributed by atoms with Crippen molar-refractivity contribution in [3.05, 3.63) is 47.4 Å². The molecule has 0 aliphatic carbocycles. The van der Waals surface area contributed by atoms with Crippen LogP contribution in [0.2, 0.25) is 0 Å². The Labute approximate surface area is 176 Å². The number of aromatic nitrogens is 3. The minimum Gasteiger partial charge on any atom is -0.497 e. The number of fused-ring (bicyclic) bond motifs is 3. The third-order valence-corrected chi connectivity index (χ3v) is 5.52. The standard InChI is InChI=1S/C23H28N4O3/c1-16-15-19(21-22(24-16)27-12-6-4-5-7-20(27)25-21)23(28)26(2)13-14-30-18-10-8-17(29-3)9-11-18/h8-11,15H,4-7,12-14H2,1-3H3. The second kappa shape index (κ2) is 8.73. The fraction of sp³-hybridized carbons (Fsp3) is 0.435. The Morgan fingerprint density at radius 1 is 1.13 bits per heavy atom. The molecule has 3 aromatic rings. The number of ether oxygens (including phenoxy) is 2. The van der Waals surface area contributed by atoms with Crippen LogP contribution in [0.1, 0.15) is 41.1 Å². The molecule has 0 radical (unpaired) electrons. The molecule has 2 aromatic heterocycles. The summed E-state index contributed by atoms with van der Waals surface area (Å²) in [6.45, 7) is 3.73. The molecule has 1 aliphatic heterocycles. The van der Waals surface area contributed by atoms with Crippen molar-refractivity contribution in [3.8, 4) is 11.5 Å². The number of carbonyl (C=O) groups excluding carboxylic acids is 1. The monoisotopic (exact) mass is 408 g/mol. The first kappa shape index (κ1) is 20.2. The fourth-order valence-corrected chi connectivity index (χ4v) is 3.86. The van der Waals surface area contributed by atoms with Crippen LogP contribution in [0, 0.1) is 6.92 Å². The van der Waals surface area contributed by atoms with E-state index in [1.807, 2.05) is 37.3 Å². The Hall–Kier alpha value is -3.09. The number of hydrogen-bond acceptors (Lipinski definition) is 5. The number of hydrogen-bond donors (Lipinski definition) is 0. The van der Waals surface area contributed by atoms with Crippen LogP contribution in [0.15, 0.2) is 30.3 Å². The average molecular weight is 409 g/mol. The summed E-state index contributed by atoms with van der Waals surface area (Å²) in [5, 5.41) is 0. The van der Waals surface area contributed by atoms with Gasteiger partial charge in [0.2, 0.25) is 0 Å². The lowest BCUT2D eigenvalue weighted by Gasteiger charge is -2.18. The molecule has 0 atom stereocenters. The van der Waals surface area contributed by atoms with Crippen LogP contribution in [-0.4, -0.2) is 52.7 Å². The summed E-state index contributed by atoms with van der Waals surface area (Å²) in [6, 6.07) is 9.26. The highest BCUT2D eigenvalue weighted by Crippen LogP contribution is 2.25. The number of rotatable bonds is 6. The van der Waals surface area contributed by atoms with Gasteiger partial charge in [-0.2, -0.15) is 0 Å². The lowest BCUT2D eigenvalue weighted by atomic mass is 10.1. The van der Waals surface area contributed by atoms with E-state index < -0.39 is 0 Å². The van der Waals surface area contributed by atoms with Crippen molar-refractivity contribution >= 4 is 17.1 Å². The second-order valence-corrected chi connectivity index (χ2v) is 7.72. The van der Waals surface area contributed by atoms with Crippen molar-refractivity contribution in [2.75, 3.05) is 27.3 Å². The highest BCUT2D eigenvalue weighted by atomic mass is 16.5. The summed E-state index contributed by atoms with van der Waals surface area (Å²) >= 11 is 0. The van der Waals surface area contributed by atoms with Crippen LogP contribution >= 0.6 is 0 Å². The number of aryl methyl sites for hydroxylation is 3. The van der Waals surface area contributed by atoms with Crippen molar-refractivity contribution in [3.63, 3.8) is 0 Å². The van der Waals surface area contributed by atoms with Gasteiger partial charge in [0.25, 0.3) is 5.91 Å². The van der Waals surface area contributed by atoms with Gasteiger partial charge in [-0.3, -0.25) is 4.79 Å². The Bertz CT molecular complexity index is 1040. The maximum Gasteiger partial charge on any atom is 0.256 e. The van der Waals surface area contributed by atoms with Crippen molar-refractivity contribution in [2.24, 2.45) is 0 Å². The number of carbonyl (C=O) groups is 1. The minimum atomic E-state index is -0.0582. The molecule has 4 rings (SSSR count). The molecule has 30 heavy (non-hydrogen) atoms. The molecular formula is C23H28N4O3. The summed E-state index contributed by atoms with van der Waals surface area (Å²) in [6.07, 6.45) is 4.40. The van der Waals surface area contributed by atoms with E-state index in [1.54, 1.807) is 19.1 Å². The van der Waals surface area contributed by atoms with Gasteiger partial charge in [0.1, 0.15) is 29.4 Å². The van der Waals surface area contributed by atoms with E-state index in [2.05, 4.69) is 4.57 Å². The maximum atomic E-state index is 13.2. The zero-order chi connectivity index (χ0) is 21.1. The van der Waals surface area contributed by atoms with E-state index in [0.717, 1.165) is 54.5 Å². The summed E-state index contributed by atoms with van der Waals surface area (Å²) in [5.74, 6) is 2.51. The maximum absolute atomic E-state index is 13.2. The SMILES string of the molecule is COc1ccc(OCCN(C)C(=O)c2cc(C)nc3c2nc2n3CCCCC2)cc1. The number of amides is 1. The van der Waals surface area contributed by atoms with Gasteiger partial charge in [-0.1, -0.05) is 6.42 Å². The molecule has 158 valence electrons. The molecule has 1 aromatic carbocycles. The highest BCUT2D eigenvalue weighted by molar-refractivity contribution is 6.04. The van der Waals surface area contributed by atoms with E-state index in [0.29, 0.717) is 24.2 Å². The first-order valence-corrected chi connectivity index (χ1v) is 10.5. The summed E-state index contributed by atoms with van der Waals surface area (Å²) in [4.78, 5) is 24.4. The number of pyridine rings is 1. The zero-order valence-corrected chi connectivity index (χ0v) is 17.9. The van der Waals surface area contributed by atoms with Gasteiger partial charge in [0, 0.05) is 25.7 Å². The Balaban J connectivity index is 1.49. The molecule has 7 heteroatoms. The predicted molar refractivity (Wildman–Crippen MR) is 115 cm³/mol. The first-order chi connectivity index (χ1) is 14.6. The summed E-state index contributed by atoms with van der Waals surface area (Å²) in [5.41, 5.74) is 2.99. The quantitative estimate of drug-likeness (QED) is 0.623. The lowest BCUT2D eigenvalue weighted by molar-refractivity contribution is 0.0775. The van der Waals surface area contributed by atoms with Crippen LogP contribution in [0.25, 0.3) is 11.2 Å². The smallest absolute Gasteiger partial charge is 0.256 e. The molecule has 0 bridgehead atoms. The molecular weight excluding hydrogens is 380 g/mol. The normalized spacial score (nSPS) is 13.6. The number of imidazole rings is 1. The Morgan fingerprint density at radius 2 is 1.90 bits per heavy atom. The van der Waals surface area contributed by atoms with Crippen LogP contribution in [0.3, 0.4) is 0 Å². The third kappa shape index (κ3) is 4.10. The molecule has 1 aliphatic rings. The minimum absolute atomic E-state index is 0.0582. The van der Waals surface area contributed by atoms with Gasteiger partial charge in [-0.05, 0) is 50.1 Å². The van der Waals surface area contributed by atoms with Gasteiger partial charge in [-0.15, -0.1) is 0 Å². The van der Waals surface area contributed by atoms with Crippen molar-refractivity contribution in [2.45, 2.75) is 39.2 Å². The molecule has 0 N–H and O–H groups in total. The highest BCUT2D eigenvalue weighted by Gasteiger charge is 2.22.